The maximum Gasteiger partial charge on any atom is 0.411 e. The molecular formula is C27H39NO3. The molecule has 0 aliphatic rings. The molecule has 4 nitrogen and oxygen atoms in total. The number of aryl methyl sites for hydroxylation is 1. The van der Waals surface area contributed by atoms with Crippen molar-refractivity contribution in [1.29, 1.82) is 0 Å². The highest BCUT2D eigenvalue weighted by atomic mass is 16.6. The van der Waals surface area contributed by atoms with Gasteiger partial charge in [-0.05, 0) is 25.5 Å². The van der Waals surface area contributed by atoms with Gasteiger partial charge < -0.3 is 9.15 Å². The van der Waals surface area contributed by atoms with Gasteiger partial charge in [-0.15, -0.1) is 0 Å². The van der Waals surface area contributed by atoms with Crippen molar-refractivity contribution in [2.24, 2.45) is 0 Å². The summed E-state index contributed by atoms with van der Waals surface area (Å²) in [7, 11) is 0. The molecule has 0 N–H and O–H groups in total. The maximum absolute atomic E-state index is 12.0. The van der Waals surface area contributed by atoms with Crippen LogP contribution in [-0.4, -0.2) is 4.98 Å². The first-order chi connectivity index (χ1) is 15.2. The summed E-state index contributed by atoms with van der Waals surface area (Å²) in [4.78, 5) is 16.2. The molecule has 31 heavy (non-hydrogen) atoms. The van der Waals surface area contributed by atoms with Crippen LogP contribution in [0.2, 0.25) is 0 Å². The van der Waals surface area contributed by atoms with Crippen molar-refractivity contribution in [2.45, 2.75) is 110 Å². The number of hydrogen-bond acceptors (Lipinski definition) is 4. The molecule has 0 aliphatic carbocycles. The van der Waals surface area contributed by atoms with Gasteiger partial charge in [0.25, 0.3) is 0 Å². The molecule has 0 radical (unpaired) electrons. The molecule has 1 aromatic carbocycles. The van der Waals surface area contributed by atoms with Gasteiger partial charge in [-0.3, -0.25) is 0 Å². The number of fused-ring (bicyclic) bond motifs is 1. The Morgan fingerprint density at radius 3 is 2.06 bits per heavy atom. The second-order valence-corrected chi connectivity index (χ2v) is 8.51. The van der Waals surface area contributed by atoms with Gasteiger partial charge in [-0.25, -0.2) is 4.79 Å². The van der Waals surface area contributed by atoms with Gasteiger partial charge in [-0.1, -0.05) is 108 Å². The molecular weight excluding hydrogens is 386 g/mol. The van der Waals surface area contributed by atoms with Crippen LogP contribution >= 0.6 is 0 Å². The highest BCUT2D eigenvalue weighted by Gasteiger charge is 2.06. The normalized spacial score (nSPS) is 10.8. The van der Waals surface area contributed by atoms with Crippen LogP contribution in [-0.2, 0) is 0 Å². The van der Waals surface area contributed by atoms with Gasteiger partial charge in [0.15, 0.2) is 0 Å². The minimum Gasteiger partial charge on any atom is -0.373 e. The van der Waals surface area contributed by atoms with Crippen molar-refractivity contribution in [1.82, 2.24) is 4.98 Å². The Labute approximate surface area is 187 Å². The summed E-state index contributed by atoms with van der Waals surface area (Å²) in [5.41, 5.74) is 1.10. The van der Waals surface area contributed by atoms with E-state index in [9.17, 15) is 4.79 Å². The zero-order valence-corrected chi connectivity index (χ0v) is 19.5. The quantitative estimate of drug-likeness (QED) is 0.217. The van der Waals surface area contributed by atoms with Gasteiger partial charge in [0.2, 0.25) is 0 Å². The smallest absolute Gasteiger partial charge is 0.373 e. The third-order valence-corrected chi connectivity index (χ3v) is 5.63. The number of hydrogen-bond donors (Lipinski definition) is 0. The van der Waals surface area contributed by atoms with E-state index in [2.05, 4.69) is 23.9 Å². The lowest BCUT2D eigenvalue weighted by atomic mass is 10.0. The van der Waals surface area contributed by atoms with Gasteiger partial charge in [0, 0.05) is 6.42 Å². The number of benzene rings is 1. The SMILES string of the molecule is CCCCCCCCCCCCCCCCC#COc1nc2ccc(C)cc2c(=O)o1. The summed E-state index contributed by atoms with van der Waals surface area (Å²) in [6.07, 6.45) is 22.2. The Morgan fingerprint density at radius 1 is 0.871 bits per heavy atom. The molecule has 0 spiro atoms. The summed E-state index contributed by atoms with van der Waals surface area (Å²) < 4.78 is 10.3. The van der Waals surface area contributed by atoms with E-state index in [-0.39, 0.29) is 6.08 Å². The Balaban J connectivity index is 1.47. The molecule has 0 aliphatic heterocycles. The van der Waals surface area contributed by atoms with Crippen LogP contribution in [0.15, 0.2) is 27.4 Å². The fourth-order valence-corrected chi connectivity index (χ4v) is 3.75. The Hall–Kier alpha value is -2.28. The van der Waals surface area contributed by atoms with Crippen LogP contribution < -0.4 is 10.4 Å². The number of nitrogens with zero attached hydrogens (tertiary/aromatic N) is 1. The molecule has 0 bridgehead atoms. The number of rotatable bonds is 15. The van der Waals surface area contributed by atoms with Crippen molar-refractivity contribution < 1.29 is 9.15 Å². The van der Waals surface area contributed by atoms with Crippen molar-refractivity contribution in [3.8, 4) is 18.1 Å². The predicted octanol–water partition coefficient (Wildman–Crippen LogP) is 7.71. The first-order valence-corrected chi connectivity index (χ1v) is 12.3. The summed E-state index contributed by atoms with van der Waals surface area (Å²) in [6, 6.07) is 5.45. The topological polar surface area (TPSA) is 52.3 Å². The maximum atomic E-state index is 12.0. The van der Waals surface area contributed by atoms with Crippen LogP contribution in [0.1, 0.15) is 109 Å². The molecule has 1 aromatic heterocycles. The van der Waals surface area contributed by atoms with Crippen molar-refractivity contribution in [3.05, 3.63) is 34.2 Å². The molecule has 0 saturated heterocycles. The van der Waals surface area contributed by atoms with E-state index in [0.717, 1.165) is 18.4 Å². The molecule has 0 unspecified atom stereocenters. The van der Waals surface area contributed by atoms with Crippen molar-refractivity contribution in [2.75, 3.05) is 0 Å². The number of aromatic nitrogens is 1. The zero-order chi connectivity index (χ0) is 22.2. The summed E-state index contributed by atoms with van der Waals surface area (Å²) in [6.45, 7) is 4.20. The third-order valence-electron chi connectivity index (χ3n) is 5.63. The molecule has 0 saturated carbocycles. The molecule has 2 rings (SSSR count). The lowest BCUT2D eigenvalue weighted by Crippen LogP contribution is -2.03. The zero-order valence-electron chi connectivity index (χ0n) is 19.5. The fourth-order valence-electron chi connectivity index (χ4n) is 3.75. The van der Waals surface area contributed by atoms with E-state index in [1.54, 1.807) is 12.1 Å². The van der Waals surface area contributed by atoms with E-state index in [0.29, 0.717) is 10.9 Å². The lowest BCUT2D eigenvalue weighted by molar-refractivity contribution is 0.322. The molecule has 170 valence electrons. The first kappa shape index (κ1) is 25.0. The van der Waals surface area contributed by atoms with E-state index >= 15 is 0 Å². The molecule has 1 heterocycles. The monoisotopic (exact) mass is 425 g/mol. The predicted molar refractivity (Wildman–Crippen MR) is 128 cm³/mol. The van der Waals surface area contributed by atoms with Gasteiger partial charge in [-0.2, -0.15) is 4.98 Å². The van der Waals surface area contributed by atoms with Crippen LogP contribution in [0.4, 0.5) is 0 Å². The minimum absolute atomic E-state index is 0.0881. The summed E-state index contributed by atoms with van der Waals surface area (Å²) >= 11 is 0. The standard InChI is InChI=1S/C27H39NO3/c1-3-4-5-6-7-8-9-10-11-12-13-14-15-16-17-18-21-30-27-28-25-20-19-23(2)22-24(25)26(29)31-27/h19-20,22H,3-17H2,1-2H3. The average Bonchev–Trinajstić information content (AvgIpc) is 2.76. The summed E-state index contributed by atoms with van der Waals surface area (Å²) in [5, 5.41) is 0.461. The van der Waals surface area contributed by atoms with Crippen molar-refractivity contribution in [3.63, 3.8) is 0 Å². The van der Waals surface area contributed by atoms with Gasteiger partial charge >= 0.3 is 11.7 Å². The van der Waals surface area contributed by atoms with Gasteiger partial charge in [0.1, 0.15) is 6.11 Å². The summed E-state index contributed by atoms with van der Waals surface area (Å²) in [5.74, 6) is 2.98. The second kappa shape index (κ2) is 15.5. The van der Waals surface area contributed by atoms with E-state index < -0.39 is 5.63 Å². The van der Waals surface area contributed by atoms with E-state index in [1.807, 2.05) is 13.0 Å². The van der Waals surface area contributed by atoms with Gasteiger partial charge in [0.05, 0.1) is 10.9 Å². The molecule has 4 heteroatoms. The molecule has 0 amide bonds. The number of ether oxygens (including phenoxy) is 1. The van der Waals surface area contributed by atoms with Crippen LogP contribution in [0.5, 0.6) is 6.08 Å². The second-order valence-electron chi connectivity index (χ2n) is 8.51. The van der Waals surface area contributed by atoms with Crippen LogP contribution in [0.3, 0.4) is 0 Å². The minimum atomic E-state index is -0.447. The van der Waals surface area contributed by atoms with E-state index in [4.69, 9.17) is 9.15 Å². The lowest BCUT2D eigenvalue weighted by Gasteiger charge is -2.02. The largest absolute Gasteiger partial charge is 0.411 e. The number of unbranched alkanes of at least 4 members (excludes halogenated alkanes) is 14. The molecule has 0 atom stereocenters. The Bertz CT molecular complexity index is 875. The van der Waals surface area contributed by atoms with Crippen molar-refractivity contribution >= 4 is 10.9 Å². The van der Waals surface area contributed by atoms with E-state index in [1.165, 1.54) is 83.5 Å². The van der Waals surface area contributed by atoms with Crippen LogP contribution in [0, 0.1) is 19.0 Å². The highest BCUT2D eigenvalue weighted by Crippen LogP contribution is 2.15. The third kappa shape index (κ3) is 10.5. The highest BCUT2D eigenvalue weighted by molar-refractivity contribution is 5.77. The Morgan fingerprint density at radius 2 is 1.45 bits per heavy atom. The first-order valence-electron chi connectivity index (χ1n) is 12.3. The fraction of sp³-hybridized carbons (Fsp3) is 0.630. The molecule has 0 fully saturated rings. The molecule has 2 aromatic rings. The Kier molecular flexibility index (Phi) is 12.5. The van der Waals surface area contributed by atoms with Crippen LogP contribution in [0.25, 0.3) is 10.9 Å². The average molecular weight is 426 g/mol.